The fraction of sp³-hybridized carbons (Fsp3) is 0.632. The van der Waals surface area contributed by atoms with E-state index in [0.717, 1.165) is 57.7 Å². The summed E-state index contributed by atoms with van der Waals surface area (Å²) in [5, 5.41) is 8.92. The molecule has 0 bridgehead atoms. The second-order valence-electron chi connectivity index (χ2n) is 7.57. The van der Waals surface area contributed by atoms with Crippen molar-refractivity contribution < 1.29 is 23.1 Å². The molecule has 1 aliphatic heterocycles. The SMILES string of the molecule is O=C(O)CC1CCC2(CC1)CCN(c1cc(F)cc(C(F)F)c1)CC2. The molecular weight excluding hydrogens is 331 g/mol. The zero-order valence-electron chi connectivity index (χ0n) is 14.2. The molecule has 0 aromatic heterocycles. The van der Waals surface area contributed by atoms with Crippen LogP contribution in [0.15, 0.2) is 18.2 Å². The van der Waals surface area contributed by atoms with E-state index in [1.807, 2.05) is 4.90 Å². The molecule has 3 rings (SSSR count). The number of hydrogen-bond acceptors (Lipinski definition) is 2. The number of piperidine rings is 1. The highest BCUT2D eigenvalue weighted by molar-refractivity contribution is 5.67. The number of carboxylic acids is 1. The topological polar surface area (TPSA) is 40.5 Å². The van der Waals surface area contributed by atoms with Gasteiger partial charge in [0.2, 0.25) is 0 Å². The Morgan fingerprint density at radius 3 is 2.36 bits per heavy atom. The van der Waals surface area contributed by atoms with Crippen LogP contribution in [0, 0.1) is 17.2 Å². The van der Waals surface area contributed by atoms with E-state index in [4.69, 9.17) is 5.11 Å². The first-order valence-corrected chi connectivity index (χ1v) is 8.92. The van der Waals surface area contributed by atoms with Crippen molar-refractivity contribution >= 4 is 11.7 Å². The van der Waals surface area contributed by atoms with Gasteiger partial charge in [0, 0.05) is 30.8 Å². The lowest BCUT2D eigenvalue weighted by molar-refractivity contribution is -0.138. The van der Waals surface area contributed by atoms with Crippen LogP contribution < -0.4 is 4.90 Å². The molecule has 0 atom stereocenters. The van der Waals surface area contributed by atoms with Crippen molar-refractivity contribution in [3.8, 4) is 0 Å². The number of benzene rings is 1. The molecule has 1 heterocycles. The fourth-order valence-corrected chi connectivity index (χ4v) is 4.39. The molecule has 1 saturated carbocycles. The maximum absolute atomic E-state index is 13.6. The molecule has 1 aromatic carbocycles. The highest BCUT2D eigenvalue weighted by Gasteiger charge is 2.38. The van der Waals surface area contributed by atoms with Crippen LogP contribution in [0.2, 0.25) is 0 Å². The Kier molecular flexibility index (Phi) is 5.25. The number of anilines is 1. The zero-order valence-corrected chi connectivity index (χ0v) is 14.2. The third kappa shape index (κ3) is 4.28. The van der Waals surface area contributed by atoms with Crippen molar-refractivity contribution in [2.24, 2.45) is 11.3 Å². The third-order valence-corrected chi connectivity index (χ3v) is 5.98. The molecule has 0 unspecified atom stereocenters. The van der Waals surface area contributed by atoms with Crippen LogP contribution in [0.25, 0.3) is 0 Å². The van der Waals surface area contributed by atoms with Gasteiger partial charge in [-0.05, 0) is 68.1 Å². The van der Waals surface area contributed by atoms with E-state index in [2.05, 4.69) is 0 Å². The van der Waals surface area contributed by atoms with Crippen LogP contribution in [-0.2, 0) is 4.79 Å². The average molecular weight is 355 g/mol. The first kappa shape index (κ1) is 18.1. The third-order valence-electron chi connectivity index (χ3n) is 5.98. The van der Waals surface area contributed by atoms with Crippen LogP contribution >= 0.6 is 0 Å². The lowest BCUT2D eigenvalue weighted by Gasteiger charge is -2.46. The van der Waals surface area contributed by atoms with E-state index in [9.17, 15) is 18.0 Å². The van der Waals surface area contributed by atoms with Crippen LogP contribution in [-0.4, -0.2) is 24.2 Å². The van der Waals surface area contributed by atoms with Gasteiger partial charge in [-0.3, -0.25) is 4.79 Å². The first-order chi connectivity index (χ1) is 11.9. The van der Waals surface area contributed by atoms with Gasteiger partial charge in [-0.15, -0.1) is 0 Å². The Bertz CT molecular complexity index is 617. The maximum atomic E-state index is 13.6. The fourth-order valence-electron chi connectivity index (χ4n) is 4.39. The summed E-state index contributed by atoms with van der Waals surface area (Å²) >= 11 is 0. The summed E-state index contributed by atoms with van der Waals surface area (Å²) in [4.78, 5) is 12.8. The summed E-state index contributed by atoms with van der Waals surface area (Å²) in [6.07, 6.45) is 3.44. The van der Waals surface area contributed by atoms with Crippen molar-refractivity contribution in [1.29, 1.82) is 0 Å². The zero-order chi connectivity index (χ0) is 18.0. The highest BCUT2D eigenvalue weighted by atomic mass is 19.3. The van der Waals surface area contributed by atoms with Gasteiger partial charge in [-0.2, -0.15) is 0 Å². The number of rotatable bonds is 4. The van der Waals surface area contributed by atoms with E-state index in [1.165, 1.54) is 12.1 Å². The molecule has 1 aromatic rings. The van der Waals surface area contributed by atoms with Gasteiger partial charge in [-0.25, -0.2) is 13.2 Å². The smallest absolute Gasteiger partial charge is 0.303 e. The molecular formula is C19H24F3NO2. The second kappa shape index (κ2) is 7.26. The molecule has 0 amide bonds. The van der Waals surface area contributed by atoms with Crippen LogP contribution in [0.5, 0.6) is 0 Å². The summed E-state index contributed by atoms with van der Waals surface area (Å²) in [5.74, 6) is -1.07. The number of halogens is 3. The number of carboxylic acid groups (broad SMARTS) is 1. The van der Waals surface area contributed by atoms with Gasteiger partial charge in [0.25, 0.3) is 6.43 Å². The second-order valence-corrected chi connectivity index (χ2v) is 7.57. The number of hydrogen-bond donors (Lipinski definition) is 1. The molecule has 138 valence electrons. The number of carbonyl (C=O) groups is 1. The minimum Gasteiger partial charge on any atom is -0.481 e. The quantitative estimate of drug-likeness (QED) is 0.825. The molecule has 25 heavy (non-hydrogen) atoms. The van der Waals surface area contributed by atoms with Gasteiger partial charge >= 0.3 is 5.97 Å². The molecule has 1 saturated heterocycles. The molecule has 1 N–H and O–H groups in total. The van der Waals surface area contributed by atoms with E-state index in [1.54, 1.807) is 0 Å². The Morgan fingerprint density at radius 2 is 1.80 bits per heavy atom. The molecule has 1 spiro atoms. The van der Waals surface area contributed by atoms with Gasteiger partial charge in [0.1, 0.15) is 5.82 Å². The highest BCUT2D eigenvalue weighted by Crippen LogP contribution is 2.47. The van der Waals surface area contributed by atoms with E-state index < -0.39 is 18.2 Å². The summed E-state index contributed by atoms with van der Waals surface area (Å²) in [6.45, 7) is 1.46. The van der Waals surface area contributed by atoms with E-state index >= 15 is 0 Å². The Labute approximate surface area is 145 Å². The average Bonchev–Trinajstić information content (AvgIpc) is 2.57. The molecule has 1 aliphatic carbocycles. The van der Waals surface area contributed by atoms with Gasteiger partial charge in [0.15, 0.2) is 0 Å². The largest absolute Gasteiger partial charge is 0.481 e. The van der Waals surface area contributed by atoms with E-state index in [-0.39, 0.29) is 23.3 Å². The number of aliphatic carboxylic acids is 1. The minimum absolute atomic E-state index is 0.240. The van der Waals surface area contributed by atoms with Gasteiger partial charge < -0.3 is 10.0 Å². The number of alkyl halides is 2. The summed E-state index contributed by atoms with van der Waals surface area (Å²) in [5.41, 5.74) is 0.499. The van der Waals surface area contributed by atoms with Crippen molar-refractivity contribution in [3.05, 3.63) is 29.6 Å². The Balaban J connectivity index is 1.60. The molecule has 2 fully saturated rings. The number of nitrogens with zero attached hydrogens (tertiary/aromatic N) is 1. The van der Waals surface area contributed by atoms with Crippen LogP contribution in [0.3, 0.4) is 0 Å². The standard InChI is InChI=1S/C19H24F3NO2/c20-15-10-14(18(21)22)11-16(12-15)23-7-5-19(6-8-23)3-1-13(2-4-19)9-17(24)25/h10-13,18H,1-9H2,(H,24,25). The predicted molar refractivity (Wildman–Crippen MR) is 89.4 cm³/mol. The Hall–Kier alpha value is -1.72. The van der Waals surface area contributed by atoms with Crippen molar-refractivity contribution in [1.82, 2.24) is 0 Å². The maximum Gasteiger partial charge on any atom is 0.303 e. The Morgan fingerprint density at radius 1 is 1.16 bits per heavy atom. The molecule has 3 nitrogen and oxygen atoms in total. The monoisotopic (exact) mass is 355 g/mol. The predicted octanol–water partition coefficient (Wildman–Crippen LogP) is 5.01. The lowest BCUT2D eigenvalue weighted by Crippen LogP contribution is -2.42. The van der Waals surface area contributed by atoms with Crippen LogP contribution in [0.4, 0.5) is 18.9 Å². The van der Waals surface area contributed by atoms with Crippen molar-refractivity contribution in [2.75, 3.05) is 18.0 Å². The summed E-state index contributed by atoms with van der Waals surface area (Å²) in [7, 11) is 0. The summed E-state index contributed by atoms with van der Waals surface area (Å²) in [6, 6.07) is 3.60. The normalized spacial score (nSPS) is 21.0. The van der Waals surface area contributed by atoms with E-state index in [0.29, 0.717) is 5.69 Å². The van der Waals surface area contributed by atoms with Gasteiger partial charge in [0.05, 0.1) is 0 Å². The van der Waals surface area contributed by atoms with Gasteiger partial charge in [-0.1, -0.05) is 0 Å². The first-order valence-electron chi connectivity index (χ1n) is 8.92. The summed E-state index contributed by atoms with van der Waals surface area (Å²) < 4.78 is 39.4. The van der Waals surface area contributed by atoms with Crippen LogP contribution in [0.1, 0.15) is 56.9 Å². The molecule has 2 aliphatic rings. The molecule has 0 radical (unpaired) electrons. The molecule has 6 heteroatoms. The van der Waals surface area contributed by atoms with Crippen molar-refractivity contribution in [3.63, 3.8) is 0 Å². The lowest BCUT2D eigenvalue weighted by atomic mass is 9.65. The minimum atomic E-state index is -2.67. The van der Waals surface area contributed by atoms with Crippen molar-refractivity contribution in [2.45, 2.75) is 51.4 Å².